The Hall–Kier alpha value is -3.82. The number of rotatable bonds is 2. The number of aromatic nitrogens is 2. The molecular weight excluding hydrogens is 432 g/mol. The number of nitrogens with zero attached hydrogens (tertiary/aromatic N) is 2. The highest BCUT2D eigenvalue weighted by Gasteiger charge is 2.34. The molecule has 34 heavy (non-hydrogen) atoms. The van der Waals surface area contributed by atoms with Crippen molar-refractivity contribution in [1.29, 1.82) is 0 Å². The third-order valence-corrected chi connectivity index (χ3v) is 9.07. The first-order valence-corrected chi connectivity index (χ1v) is 12.7. The Bertz CT molecular complexity index is 1960. The van der Waals surface area contributed by atoms with Gasteiger partial charge in [0.2, 0.25) is 0 Å². The van der Waals surface area contributed by atoms with Crippen molar-refractivity contribution in [3.63, 3.8) is 0 Å². The summed E-state index contributed by atoms with van der Waals surface area (Å²) in [6.45, 7) is 0. The number of hydrogen-bond donors (Lipinski definition) is 0. The fourth-order valence-electron chi connectivity index (χ4n) is 6.48. The molecule has 2 aromatic heterocycles. The van der Waals surface area contributed by atoms with Crippen molar-refractivity contribution < 1.29 is 0 Å². The lowest BCUT2D eigenvalue weighted by molar-refractivity contribution is 1.01. The molecule has 3 heterocycles. The van der Waals surface area contributed by atoms with Gasteiger partial charge in [0.1, 0.15) is 5.82 Å². The van der Waals surface area contributed by atoms with Gasteiger partial charge in [0.05, 0.1) is 16.1 Å². The Balaban J connectivity index is 1.48. The van der Waals surface area contributed by atoms with E-state index in [1.54, 1.807) is 0 Å². The monoisotopic (exact) mass is 450 g/mol. The van der Waals surface area contributed by atoms with E-state index in [1.807, 2.05) is 18.0 Å². The van der Waals surface area contributed by atoms with Gasteiger partial charge in [-0.1, -0.05) is 60.7 Å². The quantitative estimate of drug-likeness (QED) is 0.259. The molecule has 3 aliphatic rings. The van der Waals surface area contributed by atoms with Gasteiger partial charge in [0.15, 0.2) is 0 Å². The van der Waals surface area contributed by atoms with E-state index in [4.69, 9.17) is 4.98 Å². The predicted molar refractivity (Wildman–Crippen MR) is 143 cm³/mol. The molecule has 158 valence electrons. The third kappa shape index (κ3) is 1.99. The molecular formula is C31H18N2S. The van der Waals surface area contributed by atoms with Crippen molar-refractivity contribution in [3.05, 3.63) is 101 Å². The van der Waals surface area contributed by atoms with Gasteiger partial charge in [0.25, 0.3) is 0 Å². The second-order valence-electron chi connectivity index (χ2n) is 9.48. The zero-order valence-corrected chi connectivity index (χ0v) is 19.1. The van der Waals surface area contributed by atoms with Crippen molar-refractivity contribution in [2.75, 3.05) is 0 Å². The normalized spacial score (nSPS) is 17.0. The molecule has 0 spiro atoms. The molecule has 0 saturated heterocycles. The lowest BCUT2D eigenvalue weighted by Gasteiger charge is -2.19. The standard InChI is InChI=1S/C31H18N2S/c1-2-4-17(5-3-1)20-14-15-32-25(16-20)33-21-10-6-18-8-12-23-30-26(18)28(21)29-22(33)11-7-19-9-13-24(34-23)31(30)27(19)29/h1-6,8-16,23H,7H2. The van der Waals surface area contributed by atoms with Crippen LogP contribution in [0, 0.1) is 0 Å². The molecule has 3 heteroatoms. The van der Waals surface area contributed by atoms with Crippen LogP contribution in [-0.2, 0) is 6.42 Å². The number of thioether (sulfide) groups is 1. The molecule has 0 amide bonds. The average molecular weight is 451 g/mol. The topological polar surface area (TPSA) is 17.8 Å². The molecule has 0 bridgehead atoms. The molecule has 2 nitrogen and oxygen atoms in total. The van der Waals surface area contributed by atoms with Crippen LogP contribution in [0.2, 0.25) is 0 Å². The second-order valence-corrected chi connectivity index (χ2v) is 10.7. The molecule has 9 rings (SSSR count). The summed E-state index contributed by atoms with van der Waals surface area (Å²) < 4.78 is 2.40. The molecule has 4 aromatic carbocycles. The molecule has 1 unspecified atom stereocenters. The van der Waals surface area contributed by atoms with Crippen LogP contribution in [0.1, 0.15) is 21.9 Å². The van der Waals surface area contributed by atoms with Crippen LogP contribution in [0.3, 0.4) is 0 Å². The van der Waals surface area contributed by atoms with Crippen LogP contribution < -0.4 is 5.35 Å². The molecule has 0 radical (unpaired) electrons. The van der Waals surface area contributed by atoms with Crippen LogP contribution in [0.4, 0.5) is 0 Å². The Labute approximate surface area is 200 Å². The molecule has 1 atom stereocenters. The van der Waals surface area contributed by atoms with Gasteiger partial charge in [-0.05, 0) is 69.3 Å². The Kier molecular flexibility index (Phi) is 3.11. The zero-order chi connectivity index (χ0) is 22.0. The van der Waals surface area contributed by atoms with Crippen LogP contribution >= 0.6 is 11.8 Å². The largest absolute Gasteiger partial charge is 0.294 e. The van der Waals surface area contributed by atoms with E-state index in [-0.39, 0.29) is 0 Å². The maximum atomic E-state index is 4.89. The molecule has 0 N–H and O–H groups in total. The van der Waals surface area contributed by atoms with Crippen LogP contribution in [0.15, 0.2) is 83.9 Å². The first kappa shape index (κ1) is 17.6. The first-order valence-electron chi connectivity index (χ1n) is 11.8. The minimum atomic E-state index is 0.421. The highest BCUT2D eigenvalue weighted by atomic mass is 32.2. The van der Waals surface area contributed by atoms with Gasteiger partial charge >= 0.3 is 0 Å². The molecule has 0 fully saturated rings. The van der Waals surface area contributed by atoms with Gasteiger partial charge in [-0.2, -0.15) is 0 Å². The van der Waals surface area contributed by atoms with Crippen LogP contribution in [0.25, 0.3) is 61.5 Å². The number of hydrogen-bond acceptors (Lipinski definition) is 2. The van der Waals surface area contributed by atoms with Crippen molar-refractivity contribution >= 4 is 56.4 Å². The predicted octanol–water partition coefficient (Wildman–Crippen LogP) is 7.23. The second kappa shape index (κ2) is 5.99. The van der Waals surface area contributed by atoms with Crippen molar-refractivity contribution in [1.82, 2.24) is 9.55 Å². The van der Waals surface area contributed by atoms with E-state index in [0.29, 0.717) is 5.25 Å². The maximum Gasteiger partial charge on any atom is 0.138 e. The van der Waals surface area contributed by atoms with Crippen LogP contribution in [-0.4, -0.2) is 9.55 Å². The van der Waals surface area contributed by atoms with E-state index >= 15 is 0 Å². The Morgan fingerprint density at radius 1 is 0.824 bits per heavy atom. The zero-order valence-electron chi connectivity index (χ0n) is 18.2. The summed E-state index contributed by atoms with van der Waals surface area (Å²) in [5, 5.41) is 8.96. The van der Waals surface area contributed by atoms with Crippen molar-refractivity contribution in [2.24, 2.45) is 0 Å². The summed E-state index contributed by atoms with van der Waals surface area (Å²) in [5.41, 5.74) is 8.01. The van der Waals surface area contributed by atoms with Gasteiger partial charge in [-0.3, -0.25) is 4.57 Å². The maximum absolute atomic E-state index is 4.89. The summed E-state index contributed by atoms with van der Waals surface area (Å²) in [6.07, 6.45) is 10.0. The molecule has 6 aromatic rings. The molecule has 2 aliphatic carbocycles. The van der Waals surface area contributed by atoms with Gasteiger partial charge in [0, 0.05) is 27.3 Å². The lowest BCUT2D eigenvalue weighted by atomic mass is 9.84. The summed E-state index contributed by atoms with van der Waals surface area (Å²) in [7, 11) is 0. The Morgan fingerprint density at radius 3 is 2.71 bits per heavy atom. The molecule has 1 aliphatic heterocycles. The minimum Gasteiger partial charge on any atom is -0.294 e. The summed E-state index contributed by atoms with van der Waals surface area (Å²) >= 11 is 2.01. The van der Waals surface area contributed by atoms with Gasteiger partial charge < -0.3 is 0 Å². The summed E-state index contributed by atoms with van der Waals surface area (Å²) in [4.78, 5) is 6.32. The number of benzene rings is 4. The minimum absolute atomic E-state index is 0.421. The summed E-state index contributed by atoms with van der Waals surface area (Å²) in [6, 6.07) is 24.3. The Morgan fingerprint density at radius 2 is 1.76 bits per heavy atom. The fraction of sp³-hybridized carbons (Fsp3) is 0.0645. The lowest BCUT2D eigenvalue weighted by Crippen LogP contribution is -2.18. The van der Waals surface area contributed by atoms with Gasteiger partial charge in [-0.25, -0.2) is 4.98 Å². The van der Waals surface area contributed by atoms with E-state index in [0.717, 1.165) is 12.2 Å². The fourth-order valence-corrected chi connectivity index (χ4v) is 7.74. The SMILES string of the molecule is C1=CC2Sc3ccc4c5c3c2c2c1ccc1c2c5c(n1-c1cc(-c2ccccc2)ccn1)=CC4. The first-order chi connectivity index (χ1) is 16.9. The van der Waals surface area contributed by atoms with E-state index in [1.165, 1.54) is 70.5 Å². The van der Waals surface area contributed by atoms with E-state index in [2.05, 4.69) is 89.5 Å². The average Bonchev–Trinajstić information content (AvgIpc) is 3.45. The van der Waals surface area contributed by atoms with E-state index in [9.17, 15) is 0 Å². The smallest absolute Gasteiger partial charge is 0.138 e. The molecule has 0 saturated carbocycles. The van der Waals surface area contributed by atoms with Crippen molar-refractivity contribution in [2.45, 2.75) is 16.6 Å². The van der Waals surface area contributed by atoms with Crippen molar-refractivity contribution in [3.8, 4) is 16.9 Å². The highest BCUT2D eigenvalue weighted by Crippen LogP contribution is 2.57. The number of pyridine rings is 1. The summed E-state index contributed by atoms with van der Waals surface area (Å²) in [5.74, 6) is 0.989. The van der Waals surface area contributed by atoms with Gasteiger partial charge in [-0.15, -0.1) is 11.8 Å². The van der Waals surface area contributed by atoms with E-state index < -0.39 is 0 Å². The highest BCUT2D eigenvalue weighted by molar-refractivity contribution is 8.00. The third-order valence-electron chi connectivity index (χ3n) is 7.83. The van der Waals surface area contributed by atoms with Crippen LogP contribution in [0.5, 0.6) is 0 Å².